The van der Waals surface area contributed by atoms with Crippen LogP contribution in [0.5, 0.6) is 5.75 Å². The Labute approximate surface area is 277 Å². The molecule has 14 nitrogen and oxygen atoms in total. The first-order valence-corrected chi connectivity index (χ1v) is 17.5. The fourth-order valence-electron chi connectivity index (χ4n) is 5.94. The summed E-state index contributed by atoms with van der Waals surface area (Å²) in [5.74, 6) is 0.850. The van der Waals surface area contributed by atoms with E-state index in [2.05, 4.69) is 35.4 Å². The molecule has 0 spiro atoms. The number of aromatic amines is 1. The van der Waals surface area contributed by atoms with Crippen LogP contribution in [-0.2, 0) is 10.0 Å². The Bertz CT molecular complexity index is 2000. The van der Waals surface area contributed by atoms with Crippen LogP contribution in [0.25, 0.3) is 10.9 Å². The summed E-state index contributed by atoms with van der Waals surface area (Å²) in [5, 5.41) is 24.3. The smallest absolute Gasteiger partial charge is 0.261 e. The quantitative estimate of drug-likeness (QED) is 0.139. The lowest BCUT2D eigenvalue weighted by molar-refractivity contribution is 0.102. The van der Waals surface area contributed by atoms with E-state index < -0.39 is 15.9 Å². The second kappa shape index (κ2) is 13.4. The van der Waals surface area contributed by atoms with Gasteiger partial charge in [-0.05, 0) is 93.1 Å². The number of fused-ring (bicyclic) bond motifs is 1. The number of H-pyrrole nitrogens is 1. The average Bonchev–Trinajstić information content (AvgIpc) is 3.57. The highest BCUT2D eigenvalue weighted by atomic mass is 32.2. The summed E-state index contributed by atoms with van der Waals surface area (Å²) in [4.78, 5) is 31.7. The van der Waals surface area contributed by atoms with Crippen molar-refractivity contribution in [2.75, 3.05) is 51.3 Å². The fourth-order valence-corrected chi connectivity index (χ4v) is 6.99. The van der Waals surface area contributed by atoms with Crippen molar-refractivity contribution in [3.05, 3.63) is 72.4 Å². The van der Waals surface area contributed by atoms with Gasteiger partial charge in [-0.25, -0.2) is 8.42 Å². The molecule has 2 aromatic heterocycles. The zero-order valence-electron chi connectivity index (χ0n) is 26.2. The van der Waals surface area contributed by atoms with Gasteiger partial charge in [-0.3, -0.25) is 14.6 Å². The zero-order chi connectivity index (χ0) is 33.1. The number of piperidine rings is 2. The van der Waals surface area contributed by atoms with E-state index in [0.29, 0.717) is 40.4 Å². The number of hydrogen-bond donors (Lipinski definition) is 5. The second-order valence-corrected chi connectivity index (χ2v) is 13.6. The van der Waals surface area contributed by atoms with Gasteiger partial charge in [0.1, 0.15) is 5.75 Å². The third-order valence-corrected chi connectivity index (χ3v) is 9.90. The Balaban J connectivity index is 1.03. The molecular weight excluding hydrogens is 632 g/mol. The third-order valence-electron chi connectivity index (χ3n) is 8.50. The van der Waals surface area contributed by atoms with E-state index in [1.165, 1.54) is 49.2 Å². The van der Waals surface area contributed by atoms with Crippen molar-refractivity contribution < 1.29 is 18.3 Å². The lowest BCUT2D eigenvalue weighted by Gasteiger charge is -2.30. The van der Waals surface area contributed by atoms with Crippen molar-refractivity contribution in [3.8, 4) is 5.75 Å². The Morgan fingerprint density at radius 1 is 0.750 bits per heavy atom. The number of anilines is 6. The first-order chi connectivity index (χ1) is 23.3. The van der Waals surface area contributed by atoms with Crippen molar-refractivity contribution in [1.29, 1.82) is 0 Å². The second-order valence-electron chi connectivity index (χ2n) is 12.0. The van der Waals surface area contributed by atoms with E-state index in [9.17, 15) is 18.3 Å². The van der Waals surface area contributed by atoms with E-state index in [1.807, 2.05) is 0 Å². The summed E-state index contributed by atoms with van der Waals surface area (Å²) >= 11 is 0. The average molecular weight is 669 g/mol. The lowest BCUT2D eigenvalue weighted by atomic mass is 10.1. The molecule has 0 aliphatic carbocycles. The number of phenolic OH excluding ortho intramolecular Hbond substituents is 1. The molecule has 248 valence electrons. The van der Waals surface area contributed by atoms with Crippen LogP contribution in [0.1, 0.15) is 48.9 Å². The van der Waals surface area contributed by atoms with Crippen LogP contribution in [0, 0.1) is 0 Å². The first-order valence-electron chi connectivity index (χ1n) is 16.0. The molecule has 0 radical (unpaired) electrons. The molecule has 2 aliphatic rings. The molecule has 2 fully saturated rings. The number of carbonyl (C=O) groups is 1. The van der Waals surface area contributed by atoms with Crippen LogP contribution in [0.4, 0.5) is 34.9 Å². The summed E-state index contributed by atoms with van der Waals surface area (Å²) in [6, 6.07) is 15.4. The third kappa shape index (κ3) is 6.95. The molecule has 0 bridgehead atoms. The van der Waals surface area contributed by atoms with Crippen molar-refractivity contribution in [2.24, 2.45) is 0 Å². The summed E-state index contributed by atoms with van der Waals surface area (Å²) in [6.07, 6.45) is 8.41. The maximum absolute atomic E-state index is 13.1. The van der Waals surface area contributed by atoms with Crippen LogP contribution >= 0.6 is 0 Å². The monoisotopic (exact) mass is 668 g/mol. The lowest BCUT2D eigenvalue weighted by Crippen LogP contribution is -2.34. The van der Waals surface area contributed by atoms with Crippen LogP contribution < -0.4 is 25.2 Å². The Kier molecular flexibility index (Phi) is 8.67. The molecule has 1 amide bonds. The summed E-state index contributed by atoms with van der Waals surface area (Å²) in [6.45, 7) is 3.58. The van der Waals surface area contributed by atoms with Gasteiger partial charge in [0.25, 0.3) is 15.9 Å². The molecule has 4 heterocycles. The molecule has 2 aliphatic heterocycles. The number of phenols is 1. The largest absolute Gasteiger partial charge is 0.507 e. The molecule has 0 unspecified atom stereocenters. The van der Waals surface area contributed by atoms with Gasteiger partial charge in [0.15, 0.2) is 0 Å². The molecule has 3 aromatic carbocycles. The number of hydrogen-bond acceptors (Lipinski definition) is 11. The SMILES string of the molecule is O=C(Nc1ccc(S(=O)(=O)Nc2ccc3cn[nH]c3c2)cc1)c1ccc(Nc2nc(N3CCCCC3)nc(N3CCCCC3)n2)cc1O. The molecule has 7 rings (SSSR count). The van der Waals surface area contributed by atoms with E-state index in [1.54, 1.807) is 30.5 Å². The van der Waals surface area contributed by atoms with Crippen LogP contribution in [0.3, 0.4) is 0 Å². The van der Waals surface area contributed by atoms with Gasteiger partial charge in [-0.2, -0.15) is 20.1 Å². The van der Waals surface area contributed by atoms with Gasteiger partial charge in [-0.1, -0.05) is 0 Å². The minimum atomic E-state index is -3.88. The summed E-state index contributed by atoms with van der Waals surface area (Å²) in [7, 11) is -3.88. The van der Waals surface area contributed by atoms with Crippen LogP contribution in [0.15, 0.2) is 71.8 Å². The summed E-state index contributed by atoms with van der Waals surface area (Å²) in [5.41, 5.74) is 2.01. The number of sulfonamides is 1. The minimum absolute atomic E-state index is 0.0219. The Hall–Kier alpha value is -5.44. The maximum atomic E-state index is 13.1. The van der Waals surface area contributed by atoms with E-state index in [0.717, 1.165) is 57.2 Å². The molecule has 2 saturated heterocycles. The number of nitrogens with zero attached hydrogens (tertiary/aromatic N) is 6. The summed E-state index contributed by atoms with van der Waals surface area (Å²) < 4.78 is 28.5. The normalized spacial score (nSPS) is 15.3. The minimum Gasteiger partial charge on any atom is -0.507 e. The molecule has 5 N–H and O–H groups in total. The Morgan fingerprint density at radius 3 is 2.02 bits per heavy atom. The highest BCUT2D eigenvalue weighted by Gasteiger charge is 2.21. The molecule has 0 saturated carbocycles. The van der Waals surface area contributed by atoms with Crippen LogP contribution in [0.2, 0.25) is 0 Å². The van der Waals surface area contributed by atoms with Gasteiger partial charge in [0, 0.05) is 49.0 Å². The van der Waals surface area contributed by atoms with Crippen molar-refractivity contribution in [1.82, 2.24) is 25.1 Å². The number of nitrogens with one attached hydrogen (secondary N) is 4. The maximum Gasteiger partial charge on any atom is 0.261 e. The molecule has 15 heteroatoms. The number of amides is 1. The number of rotatable bonds is 9. The van der Waals surface area contributed by atoms with Gasteiger partial charge in [0.05, 0.1) is 27.9 Å². The van der Waals surface area contributed by atoms with E-state index in [4.69, 9.17) is 15.0 Å². The predicted octanol–water partition coefficient (Wildman–Crippen LogP) is 5.23. The Morgan fingerprint density at radius 2 is 1.38 bits per heavy atom. The topological polar surface area (TPSA) is 181 Å². The van der Waals surface area contributed by atoms with Crippen molar-refractivity contribution in [2.45, 2.75) is 43.4 Å². The van der Waals surface area contributed by atoms with E-state index >= 15 is 0 Å². The number of aromatic nitrogens is 5. The molecule has 0 atom stereocenters. The zero-order valence-corrected chi connectivity index (χ0v) is 27.0. The predicted molar refractivity (Wildman–Crippen MR) is 185 cm³/mol. The fraction of sp³-hybridized carbons (Fsp3) is 0.303. The molecular formula is C33H36N10O4S. The number of benzene rings is 3. The first kappa shape index (κ1) is 31.2. The standard InChI is InChI=1S/C33H36N10O4S/c44-29-20-24(36-31-37-32(42-15-3-1-4-16-42)39-33(38-31)43-17-5-2-6-18-43)11-14-27(29)30(45)35-23-9-12-26(13-10-23)48(46,47)41-25-8-7-22-21-34-40-28(22)19-25/h7-14,19-21,41,44H,1-6,15-18H2,(H,34,40)(H,35,45)(H,36,37,38,39). The van der Waals surface area contributed by atoms with Crippen molar-refractivity contribution in [3.63, 3.8) is 0 Å². The molecule has 48 heavy (non-hydrogen) atoms. The van der Waals surface area contributed by atoms with Crippen LogP contribution in [-0.4, -0.2) is 70.8 Å². The van der Waals surface area contributed by atoms with Gasteiger partial charge >= 0.3 is 0 Å². The highest BCUT2D eigenvalue weighted by molar-refractivity contribution is 7.92. The van der Waals surface area contributed by atoms with E-state index in [-0.39, 0.29) is 16.2 Å². The van der Waals surface area contributed by atoms with Gasteiger partial charge < -0.3 is 25.5 Å². The van der Waals surface area contributed by atoms with Gasteiger partial charge in [0.2, 0.25) is 17.8 Å². The molecule has 5 aromatic rings. The number of carbonyl (C=O) groups excluding carboxylic acids is 1. The highest BCUT2D eigenvalue weighted by Crippen LogP contribution is 2.28. The number of aromatic hydroxyl groups is 1. The van der Waals surface area contributed by atoms with Crippen molar-refractivity contribution >= 4 is 61.7 Å². The van der Waals surface area contributed by atoms with Gasteiger partial charge in [-0.15, -0.1) is 0 Å².